The Morgan fingerprint density at radius 2 is 1.89 bits per heavy atom. The number of anilines is 1. The van der Waals surface area contributed by atoms with Crippen molar-refractivity contribution >= 4 is 35.1 Å². The molecule has 3 aromatic carbocycles. The number of carbonyl (C=O) groups is 1. The van der Waals surface area contributed by atoms with E-state index in [0.29, 0.717) is 16.5 Å². The Morgan fingerprint density at radius 3 is 2.61 bits per heavy atom. The first-order chi connectivity index (χ1) is 13.5. The minimum atomic E-state index is -0.522. The fourth-order valence-corrected chi connectivity index (χ4v) is 2.54. The van der Waals surface area contributed by atoms with Gasteiger partial charge in [0.05, 0.1) is 16.4 Å². The Balaban J connectivity index is 1.58. The van der Waals surface area contributed by atoms with Crippen LogP contribution in [0.4, 0.5) is 15.8 Å². The number of para-hydroxylation sites is 1. The fourth-order valence-electron chi connectivity index (χ4n) is 2.29. The van der Waals surface area contributed by atoms with Gasteiger partial charge in [-0.3, -0.25) is 9.79 Å². The lowest BCUT2D eigenvalue weighted by Crippen LogP contribution is -2.20. The topological polar surface area (TPSA) is 70.9 Å². The van der Waals surface area contributed by atoms with E-state index < -0.39 is 11.7 Å². The number of halogens is 2. The number of aromatic hydroxyl groups is 1. The summed E-state index contributed by atoms with van der Waals surface area (Å²) in [7, 11) is 0. The third kappa shape index (κ3) is 5.31. The molecule has 0 aromatic heterocycles. The van der Waals surface area contributed by atoms with E-state index in [1.807, 2.05) is 0 Å². The van der Waals surface area contributed by atoms with Crippen LogP contribution in [-0.4, -0.2) is 23.8 Å². The number of hydrogen-bond donors (Lipinski definition) is 2. The molecule has 0 bridgehead atoms. The van der Waals surface area contributed by atoms with E-state index in [1.165, 1.54) is 18.2 Å². The van der Waals surface area contributed by atoms with Crippen molar-refractivity contribution in [1.82, 2.24) is 0 Å². The van der Waals surface area contributed by atoms with Gasteiger partial charge in [0.25, 0.3) is 5.91 Å². The lowest BCUT2D eigenvalue weighted by atomic mass is 10.2. The molecule has 2 N–H and O–H groups in total. The first kappa shape index (κ1) is 19.4. The maximum absolute atomic E-state index is 13.5. The Kier molecular flexibility index (Phi) is 6.24. The normalized spacial score (nSPS) is 10.8. The quantitative estimate of drug-likeness (QED) is 0.577. The highest BCUT2D eigenvalue weighted by molar-refractivity contribution is 6.32. The van der Waals surface area contributed by atoms with Crippen LogP contribution in [0, 0.1) is 5.82 Å². The van der Waals surface area contributed by atoms with Gasteiger partial charge in [-0.15, -0.1) is 0 Å². The number of ether oxygens (including phenoxy) is 1. The van der Waals surface area contributed by atoms with E-state index in [0.717, 1.165) is 5.56 Å². The van der Waals surface area contributed by atoms with Gasteiger partial charge in [0.15, 0.2) is 6.61 Å². The molecule has 0 aliphatic carbocycles. The minimum absolute atomic E-state index is 0.0861. The molecule has 0 heterocycles. The zero-order valence-corrected chi connectivity index (χ0v) is 15.4. The van der Waals surface area contributed by atoms with E-state index in [4.69, 9.17) is 16.3 Å². The lowest BCUT2D eigenvalue weighted by molar-refractivity contribution is -0.118. The summed E-state index contributed by atoms with van der Waals surface area (Å²) in [4.78, 5) is 16.2. The second kappa shape index (κ2) is 9.01. The third-order valence-electron chi connectivity index (χ3n) is 3.68. The molecule has 0 aliphatic heterocycles. The van der Waals surface area contributed by atoms with Crippen LogP contribution in [0.3, 0.4) is 0 Å². The summed E-state index contributed by atoms with van der Waals surface area (Å²) in [6.45, 7) is -0.311. The van der Waals surface area contributed by atoms with Gasteiger partial charge in [-0.1, -0.05) is 23.7 Å². The number of phenols is 1. The molecule has 28 heavy (non-hydrogen) atoms. The number of benzene rings is 3. The fraction of sp³-hybridized carbons (Fsp3) is 0.0476. The molecule has 0 fully saturated rings. The van der Waals surface area contributed by atoms with E-state index in [9.17, 15) is 14.3 Å². The van der Waals surface area contributed by atoms with Gasteiger partial charge in [0, 0.05) is 6.21 Å². The molecule has 1 amide bonds. The molecule has 0 spiro atoms. The smallest absolute Gasteiger partial charge is 0.262 e. The number of rotatable bonds is 6. The Labute approximate surface area is 166 Å². The Hall–Kier alpha value is -3.38. The zero-order chi connectivity index (χ0) is 19.9. The summed E-state index contributed by atoms with van der Waals surface area (Å²) in [5.74, 6) is -0.528. The SMILES string of the molecule is O=C(COc1ccc(C=Nc2ccc(O)cc2)cc1Cl)Nc1ccccc1F. The van der Waals surface area contributed by atoms with Crippen LogP contribution in [0.25, 0.3) is 0 Å². The van der Waals surface area contributed by atoms with Crippen molar-refractivity contribution in [2.45, 2.75) is 0 Å². The highest BCUT2D eigenvalue weighted by atomic mass is 35.5. The largest absolute Gasteiger partial charge is 0.508 e. The molecule has 0 radical (unpaired) electrons. The van der Waals surface area contributed by atoms with Crippen molar-refractivity contribution in [3.8, 4) is 11.5 Å². The van der Waals surface area contributed by atoms with Gasteiger partial charge in [-0.2, -0.15) is 0 Å². The van der Waals surface area contributed by atoms with Gasteiger partial charge in [0.1, 0.15) is 17.3 Å². The van der Waals surface area contributed by atoms with Crippen molar-refractivity contribution < 1.29 is 19.0 Å². The molecule has 7 heteroatoms. The molecule has 5 nitrogen and oxygen atoms in total. The van der Waals surface area contributed by atoms with Gasteiger partial charge < -0.3 is 15.2 Å². The average Bonchev–Trinajstić information content (AvgIpc) is 2.68. The summed E-state index contributed by atoms with van der Waals surface area (Å²) >= 11 is 6.19. The third-order valence-corrected chi connectivity index (χ3v) is 3.97. The van der Waals surface area contributed by atoms with Crippen LogP contribution < -0.4 is 10.1 Å². The van der Waals surface area contributed by atoms with E-state index in [-0.39, 0.29) is 18.0 Å². The summed E-state index contributed by atoms with van der Waals surface area (Å²) < 4.78 is 18.9. The summed E-state index contributed by atoms with van der Waals surface area (Å²) in [6, 6.07) is 17.3. The van der Waals surface area contributed by atoms with E-state index >= 15 is 0 Å². The van der Waals surface area contributed by atoms with Crippen LogP contribution in [0.15, 0.2) is 71.7 Å². The van der Waals surface area contributed by atoms with Crippen molar-refractivity contribution in [1.29, 1.82) is 0 Å². The van der Waals surface area contributed by atoms with E-state index in [1.54, 1.807) is 54.7 Å². The standard InChI is InChI=1S/C21H16ClFN2O3/c22-17-11-14(12-24-15-6-8-16(26)9-7-15)5-10-20(17)28-13-21(27)25-19-4-2-1-3-18(19)23/h1-12,26H,13H2,(H,25,27). The van der Waals surface area contributed by atoms with Crippen LogP contribution in [-0.2, 0) is 4.79 Å². The number of nitrogens with zero attached hydrogens (tertiary/aromatic N) is 1. The summed E-state index contributed by atoms with van der Waals surface area (Å²) in [6.07, 6.45) is 1.62. The number of phenolic OH excluding ortho intramolecular Hbond substituents is 1. The van der Waals surface area contributed by atoms with Crippen LogP contribution in [0.2, 0.25) is 5.02 Å². The maximum atomic E-state index is 13.5. The summed E-state index contributed by atoms with van der Waals surface area (Å²) in [5.41, 5.74) is 1.50. The van der Waals surface area contributed by atoms with Gasteiger partial charge in [-0.25, -0.2) is 4.39 Å². The van der Waals surface area contributed by atoms with Crippen LogP contribution >= 0.6 is 11.6 Å². The predicted octanol–water partition coefficient (Wildman–Crippen LogP) is 4.95. The van der Waals surface area contributed by atoms with Gasteiger partial charge >= 0.3 is 0 Å². The van der Waals surface area contributed by atoms with E-state index in [2.05, 4.69) is 10.3 Å². The molecule has 0 atom stereocenters. The van der Waals surface area contributed by atoms with Gasteiger partial charge in [-0.05, 0) is 60.2 Å². The molecular formula is C21H16ClFN2O3. The average molecular weight is 399 g/mol. The van der Waals surface area contributed by atoms with Crippen LogP contribution in [0.5, 0.6) is 11.5 Å². The molecule has 0 saturated carbocycles. The predicted molar refractivity (Wildman–Crippen MR) is 107 cm³/mol. The second-order valence-corrected chi connectivity index (χ2v) is 6.19. The highest BCUT2D eigenvalue weighted by Gasteiger charge is 2.09. The van der Waals surface area contributed by atoms with Crippen molar-refractivity contribution in [3.05, 3.63) is 83.1 Å². The molecule has 0 unspecified atom stereocenters. The molecule has 0 aliphatic rings. The first-order valence-electron chi connectivity index (χ1n) is 8.31. The number of aliphatic imine (C=N–C) groups is 1. The highest BCUT2D eigenvalue weighted by Crippen LogP contribution is 2.25. The Bertz CT molecular complexity index is 1010. The molecule has 3 aromatic rings. The maximum Gasteiger partial charge on any atom is 0.262 e. The second-order valence-electron chi connectivity index (χ2n) is 5.78. The number of carbonyl (C=O) groups excluding carboxylic acids is 1. The van der Waals surface area contributed by atoms with Crippen LogP contribution in [0.1, 0.15) is 5.56 Å². The monoisotopic (exact) mass is 398 g/mol. The number of nitrogens with one attached hydrogen (secondary N) is 1. The molecule has 3 rings (SSSR count). The Morgan fingerprint density at radius 1 is 1.14 bits per heavy atom. The number of amides is 1. The summed E-state index contributed by atoms with van der Waals surface area (Å²) in [5, 5.41) is 12.0. The molecule has 0 saturated heterocycles. The molecule has 142 valence electrons. The number of hydrogen-bond acceptors (Lipinski definition) is 4. The first-order valence-corrected chi connectivity index (χ1v) is 8.69. The zero-order valence-electron chi connectivity index (χ0n) is 14.6. The van der Waals surface area contributed by atoms with Gasteiger partial charge in [0.2, 0.25) is 0 Å². The molecular weight excluding hydrogens is 383 g/mol. The van der Waals surface area contributed by atoms with Crippen molar-refractivity contribution in [2.24, 2.45) is 4.99 Å². The van der Waals surface area contributed by atoms with Crippen molar-refractivity contribution in [2.75, 3.05) is 11.9 Å². The minimum Gasteiger partial charge on any atom is -0.508 e. The lowest BCUT2D eigenvalue weighted by Gasteiger charge is -2.09. The van der Waals surface area contributed by atoms with Crippen molar-refractivity contribution in [3.63, 3.8) is 0 Å².